The average Bonchev–Trinajstić information content (AvgIpc) is 2.40. The lowest BCUT2D eigenvalue weighted by atomic mass is 10.3. The van der Waals surface area contributed by atoms with Crippen LogP contribution >= 0.6 is 0 Å². The van der Waals surface area contributed by atoms with Crippen LogP contribution in [0, 0.1) is 0 Å². The van der Waals surface area contributed by atoms with Crippen molar-refractivity contribution in [1.29, 1.82) is 0 Å². The van der Waals surface area contributed by atoms with Gasteiger partial charge in [-0.05, 0) is 12.5 Å². The Labute approximate surface area is 101 Å². The number of carbonyl (C=O) groups excluding carboxylic acids is 1. The van der Waals surface area contributed by atoms with Crippen LogP contribution in [0.4, 0.5) is 4.79 Å². The molecule has 0 radical (unpaired) electrons. The monoisotopic (exact) mass is 235 g/mol. The van der Waals surface area contributed by atoms with E-state index in [2.05, 4.69) is 10.3 Å². The third-order valence-electron chi connectivity index (χ3n) is 2.73. The van der Waals surface area contributed by atoms with Crippen molar-refractivity contribution in [2.24, 2.45) is 0 Å². The summed E-state index contributed by atoms with van der Waals surface area (Å²) in [6.07, 6.45) is 2.22. The molecule has 92 valence electrons. The Kier molecular flexibility index (Phi) is 3.93. The molecule has 1 N–H and O–H groups in total. The van der Waals surface area contributed by atoms with Crippen molar-refractivity contribution in [2.45, 2.75) is 13.3 Å². The normalized spacial score (nSPS) is 15.7. The van der Waals surface area contributed by atoms with Crippen LogP contribution in [0.1, 0.15) is 12.6 Å². The highest BCUT2D eigenvalue weighted by Crippen LogP contribution is 2.12. The zero-order valence-electron chi connectivity index (χ0n) is 9.98. The fourth-order valence-corrected chi connectivity index (χ4v) is 1.73. The molecular formula is C12H17N3O2. The minimum absolute atomic E-state index is 0.278. The van der Waals surface area contributed by atoms with Gasteiger partial charge in [0.25, 0.3) is 0 Å². The van der Waals surface area contributed by atoms with Crippen molar-refractivity contribution < 1.29 is 9.53 Å². The molecule has 0 aliphatic carbocycles. The second kappa shape index (κ2) is 5.63. The number of carbonyl (C=O) groups is 1. The van der Waals surface area contributed by atoms with Crippen LogP contribution < -0.4 is 10.1 Å². The molecule has 2 rings (SSSR count). The molecule has 17 heavy (non-hydrogen) atoms. The van der Waals surface area contributed by atoms with Gasteiger partial charge in [-0.1, -0.05) is 6.92 Å². The van der Waals surface area contributed by atoms with E-state index in [1.165, 1.54) is 0 Å². The third-order valence-corrected chi connectivity index (χ3v) is 2.73. The summed E-state index contributed by atoms with van der Waals surface area (Å²) in [7, 11) is 0. The average molecular weight is 235 g/mol. The third kappa shape index (κ3) is 3.17. The molecule has 0 spiro atoms. The lowest BCUT2D eigenvalue weighted by Crippen LogP contribution is -2.47. The summed E-state index contributed by atoms with van der Waals surface area (Å²) in [5.41, 5.74) is 0.926. The van der Waals surface area contributed by atoms with Gasteiger partial charge < -0.3 is 15.0 Å². The number of nitrogens with one attached hydrogen (secondary N) is 1. The van der Waals surface area contributed by atoms with E-state index in [4.69, 9.17) is 4.74 Å². The molecule has 0 bridgehead atoms. The van der Waals surface area contributed by atoms with Crippen LogP contribution in [0.15, 0.2) is 18.3 Å². The maximum atomic E-state index is 11.8. The molecule has 1 aliphatic rings. The van der Waals surface area contributed by atoms with E-state index in [-0.39, 0.29) is 6.09 Å². The summed E-state index contributed by atoms with van der Waals surface area (Å²) < 4.78 is 5.32. The van der Waals surface area contributed by atoms with Gasteiger partial charge in [-0.25, -0.2) is 4.79 Å². The van der Waals surface area contributed by atoms with Crippen molar-refractivity contribution in [3.63, 3.8) is 0 Å². The van der Waals surface area contributed by atoms with E-state index in [9.17, 15) is 4.79 Å². The first kappa shape index (κ1) is 11.9. The van der Waals surface area contributed by atoms with Crippen LogP contribution in [0.2, 0.25) is 0 Å². The Morgan fingerprint density at radius 3 is 3.00 bits per heavy atom. The number of hydrogen-bond acceptors (Lipinski definition) is 4. The van der Waals surface area contributed by atoms with Gasteiger partial charge in [0.1, 0.15) is 5.75 Å². The molecule has 0 unspecified atom stereocenters. The van der Waals surface area contributed by atoms with Gasteiger partial charge in [0.15, 0.2) is 0 Å². The van der Waals surface area contributed by atoms with Crippen molar-refractivity contribution in [3.8, 4) is 5.75 Å². The highest BCUT2D eigenvalue weighted by atomic mass is 16.6. The summed E-state index contributed by atoms with van der Waals surface area (Å²) in [6, 6.07) is 3.51. The molecule has 1 aromatic heterocycles. The zero-order chi connectivity index (χ0) is 12.1. The molecule has 1 aliphatic heterocycles. The fourth-order valence-electron chi connectivity index (χ4n) is 1.73. The predicted octanol–water partition coefficient (Wildman–Crippen LogP) is 1.05. The van der Waals surface area contributed by atoms with E-state index in [0.29, 0.717) is 18.8 Å². The van der Waals surface area contributed by atoms with Gasteiger partial charge in [-0.3, -0.25) is 4.98 Å². The molecule has 0 aromatic carbocycles. The zero-order valence-corrected chi connectivity index (χ0v) is 9.98. The smallest absolute Gasteiger partial charge is 0.410 e. The van der Waals surface area contributed by atoms with Crippen molar-refractivity contribution in [2.75, 3.05) is 26.2 Å². The van der Waals surface area contributed by atoms with E-state index < -0.39 is 0 Å². The first-order valence-electron chi connectivity index (χ1n) is 5.92. The highest BCUT2D eigenvalue weighted by Gasteiger charge is 2.17. The molecular weight excluding hydrogens is 218 g/mol. The minimum Gasteiger partial charge on any atom is -0.410 e. The Hall–Kier alpha value is -1.62. The number of rotatable bonds is 2. The molecule has 1 amide bonds. The number of aromatic nitrogens is 1. The van der Waals surface area contributed by atoms with Gasteiger partial charge in [-0.15, -0.1) is 0 Å². The SMILES string of the molecule is CCc1cc(OC(=O)N2CCNCC2)ccn1. The standard InChI is InChI=1S/C12H17N3O2/c1-2-10-9-11(3-4-14-10)17-12(16)15-7-5-13-6-8-15/h3-4,9,13H,2,5-8H2,1H3. The predicted molar refractivity (Wildman–Crippen MR) is 64.1 cm³/mol. The summed E-state index contributed by atoms with van der Waals surface area (Å²) in [5.74, 6) is 0.570. The second-order valence-corrected chi connectivity index (χ2v) is 3.94. The molecule has 1 saturated heterocycles. The second-order valence-electron chi connectivity index (χ2n) is 3.94. The Balaban J connectivity index is 1.96. The molecule has 2 heterocycles. The quantitative estimate of drug-likeness (QED) is 0.832. The molecule has 1 fully saturated rings. The number of piperazine rings is 1. The van der Waals surface area contributed by atoms with Gasteiger partial charge >= 0.3 is 6.09 Å². The molecule has 5 heteroatoms. The van der Waals surface area contributed by atoms with E-state index >= 15 is 0 Å². The van der Waals surface area contributed by atoms with Crippen LogP contribution in [-0.4, -0.2) is 42.2 Å². The number of hydrogen-bond donors (Lipinski definition) is 1. The Morgan fingerprint density at radius 1 is 1.53 bits per heavy atom. The topological polar surface area (TPSA) is 54.5 Å². The summed E-state index contributed by atoms with van der Waals surface area (Å²) >= 11 is 0. The van der Waals surface area contributed by atoms with Crippen LogP contribution in [0.25, 0.3) is 0 Å². The number of nitrogens with zero attached hydrogens (tertiary/aromatic N) is 2. The van der Waals surface area contributed by atoms with Crippen molar-refractivity contribution in [3.05, 3.63) is 24.0 Å². The lowest BCUT2D eigenvalue weighted by molar-refractivity contribution is 0.146. The van der Waals surface area contributed by atoms with Gasteiger partial charge in [-0.2, -0.15) is 0 Å². The summed E-state index contributed by atoms with van der Waals surface area (Å²) in [5, 5.41) is 3.19. The maximum Gasteiger partial charge on any atom is 0.415 e. The van der Waals surface area contributed by atoms with E-state index in [0.717, 1.165) is 25.2 Å². The fraction of sp³-hybridized carbons (Fsp3) is 0.500. The van der Waals surface area contributed by atoms with Crippen molar-refractivity contribution in [1.82, 2.24) is 15.2 Å². The number of aryl methyl sites for hydroxylation is 1. The Bertz CT molecular complexity index is 389. The maximum absolute atomic E-state index is 11.8. The largest absolute Gasteiger partial charge is 0.415 e. The van der Waals surface area contributed by atoms with Gasteiger partial charge in [0.05, 0.1) is 0 Å². The van der Waals surface area contributed by atoms with Crippen LogP contribution in [0.3, 0.4) is 0 Å². The van der Waals surface area contributed by atoms with E-state index in [1.807, 2.05) is 6.92 Å². The van der Waals surface area contributed by atoms with Crippen LogP contribution in [0.5, 0.6) is 5.75 Å². The minimum atomic E-state index is -0.278. The number of ether oxygens (including phenoxy) is 1. The van der Waals surface area contributed by atoms with Crippen molar-refractivity contribution >= 4 is 6.09 Å². The Morgan fingerprint density at radius 2 is 2.29 bits per heavy atom. The van der Waals surface area contributed by atoms with E-state index in [1.54, 1.807) is 23.2 Å². The van der Waals surface area contributed by atoms with Crippen LogP contribution in [-0.2, 0) is 6.42 Å². The first-order chi connectivity index (χ1) is 8.29. The lowest BCUT2D eigenvalue weighted by Gasteiger charge is -2.26. The highest BCUT2D eigenvalue weighted by molar-refractivity contribution is 5.70. The molecule has 5 nitrogen and oxygen atoms in total. The molecule has 0 saturated carbocycles. The first-order valence-corrected chi connectivity index (χ1v) is 5.92. The molecule has 1 aromatic rings. The van der Waals surface area contributed by atoms with Gasteiger partial charge in [0, 0.05) is 44.1 Å². The van der Waals surface area contributed by atoms with Gasteiger partial charge in [0.2, 0.25) is 0 Å². The summed E-state index contributed by atoms with van der Waals surface area (Å²) in [4.78, 5) is 17.7. The number of amides is 1. The number of pyridine rings is 1. The molecule has 0 atom stereocenters. The summed E-state index contributed by atoms with van der Waals surface area (Å²) in [6.45, 7) is 5.07.